The smallest absolute Gasteiger partial charge is 0.245 e. The lowest BCUT2D eigenvalue weighted by atomic mass is 10.1. The Morgan fingerprint density at radius 3 is 2.82 bits per heavy atom. The fraction of sp³-hybridized carbons (Fsp3) is 0.250. The van der Waals surface area contributed by atoms with Crippen molar-refractivity contribution in [2.24, 2.45) is 0 Å². The van der Waals surface area contributed by atoms with E-state index in [1.54, 1.807) is 13.2 Å². The highest BCUT2D eigenvalue weighted by Crippen LogP contribution is 2.20. The van der Waals surface area contributed by atoms with Gasteiger partial charge in [-0.1, -0.05) is 6.08 Å². The van der Waals surface area contributed by atoms with Gasteiger partial charge in [0.15, 0.2) is 0 Å². The van der Waals surface area contributed by atoms with Gasteiger partial charge in [-0.3, -0.25) is 15.0 Å². The first-order valence-electron chi connectivity index (χ1n) is 6.93. The Hall–Kier alpha value is -2.76. The lowest BCUT2D eigenvalue weighted by molar-refractivity contribution is -0.137. The first-order valence-corrected chi connectivity index (χ1v) is 6.93. The van der Waals surface area contributed by atoms with Crippen molar-refractivity contribution in [1.29, 1.82) is 0 Å². The lowest BCUT2D eigenvalue weighted by Gasteiger charge is -2.28. The Kier molecular flexibility index (Phi) is 5.19. The average Bonchev–Trinajstić information content (AvgIpc) is 2.55. The molecule has 0 aliphatic carbocycles. The minimum absolute atomic E-state index is 0.0415. The topological polar surface area (TPSA) is 70.7 Å². The van der Waals surface area contributed by atoms with Crippen LogP contribution in [0, 0.1) is 0 Å². The average molecular weight is 301 g/mol. The van der Waals surface area contributed by atoms with Gasteiger partial charge in [-0.25, -0.2) is 5.01 Å². The number of nitrogens with one attached hydrogen (secondary N) is 2. The van der Waals surface area contributed by atoms with Crippen LogP contribution in [-0.2, 0) is 9.59 Å². The van der Waals surface area contributed by atoms with Gasteiger partial charge in [0.2, 0.25) is 11.8 Å². The first kappa shape index (κ1) is 15.6. The highest BCUT2D eigenvalue weighted by Gasteiger charge is 2.21. The zero-order chi connectivity index (χ0) is 15.9. The number of carbonyl (C=O) groups is 2. The van der Waals surface area contributed by atoms with Gasteiger partial charge in [-0.15, -0.1) is 6.58 Å². The quantitative estimate of drug-likeness (QED) is 0.771. The fourth-order valence-corrected chi connectivity index (χ4v) is 2.02. The molecule has 22 heavy (non-hydrogen) atoms. The molecule has 1 aliphatic heterocycles. The summed E-state index contributed by atoms with van der Waals surface area (Å²) < 4.78 is 5.12. The van der Waals surface area contributed by atoms with Crippen LogP contribution in [0.3, 0.4) is 0 Å². The molecular formula is C16H19N3O3. The SMILES string of the molecule is C=CCNC(=O)CN1NC(c2ccc(OC)cc2)=CCC1=O. The molecule has 1 aromatic rings. The molecular weight excluding hydrogens is 282 g/mol. The molecule has 1 heterocycles. The van der Waals surface area contributed by atoms with Crippen LogP contribution in [0.25, 0.3) is 5.70 Å². The van der Waals surface area contributed by atoms with E-state index in [0.29, 0.717) is 6.54 Å². The molecule has 1 aliphatic rings. The number of methoxy groups -OCH3 is 1. The Bertz CT molecular complexity index is 593. The maximum atomic E-state index is 11.9. The highest BCUT2D eigenvalue weighted by atomic mass is 16.5. The van der Waals surface area contributed by atoms with E-state index >= 15 is 0 Å². The van der Waals surface area contributed by atoms with E-state index in [4.69, 9.17) is 4.74 Å². The van der Waals surface area contributed by atoms with Crippen LogP contribution < -0.4 is 15.5 Å². The molecule has 0 bridgehead atoms. The van der Waals surface area contributed by atoms with Crippen molar-refractivity contribution in [1.82, 2.24) is 15.8 Å². The molecule has 2 N–H and O–H groups in total. The summed E-state index contributed by atoms with van der Waals surface area (Å²) >= 11 is 0. The largest absolute Gasteiger partial charge is 0.497 e. The minimum atomic E-state index is -0.239. The molecule has 0 saturated heterocycles. The van der Waals surface area contributed by atoms with Gasteiger partial charge in [-0.2, -0.15) is 0 Å². The number of hydrazine groups is 1. The molecule has 0 radical (unpaired) electrons. The first-order chi connectivity index (χ1) is 10.6. The third-order valence-corrected chi connectivity index (χ3v) is 3.18. The van der Waals surface area contributed by atoms with Crippen LogP contribution in [-0.4, -0.2) is 37.0 Å². The predicted octanol–water partition coefficient (Wildman–Crippen LogP) is 1.08. The molecule has 116 valence electrons. The Morgan fingerprint density at radius 1 is 1.45 bits per heavy atom. The highest BCUT2D eigenvalue weighted by molar-refractivity contribution is 5.88. The van der Waals surface area contributed by atoms with Gasteiger partial charge in [0.1, 0.15) is 12.3 Å². The Labute approximate surface area is 129 Å². The Morgan fingerprint density at radius 2 is 2.18 bits per heavy atom. The zero-order valence-electron chi connectivity index (χ0n) is 12.5. The number of hydrogen-bond donors (Lipinski definition) is 2. The third-order valence-electron chi connectivity index (χ3n) is 3.18. The van der Waals surface area contributed by atoms with E-state index in [9.17, 15) is 9.59 Å². The second-order valence-corrected chi connectivity index (χ2v) is 4.73. The number of hydrogen-bond acceptors (Lipinski definition) is 4. The second kappa shape index (κ2) is 7.31. The van der Waals surface area contributed by atoms with Crippen molar-refractivity contribution >= 4 is 17.5 Å². The zero-order valence-corrected chi connectivity index (χ0v) is 12.5. The van der Waals surface area contributed by atoms with Crippen molar-refractivity contribution in [3.63, 3.8) is 0 Å². The summed E-state index contributed by atoms with van der Waals surface area (Å²) in [6, 6.07) is 7.47. The summed E-state index contributed by atoms with van der Waals surface area (Å²) in [4.78, 5) is 23.6. The molecule has 2 amide bonds. The summed E-state index contributed by atoms with van der Waals surface area (Å²) in [6.07, 6.45) is 3.65. The molecule has 6 heteroatoms. The predicted molar refractivity (Wildman–Crippen MR) is 83.6 cm³/mol. The summed E-state index contributed by atoms with van der Waals surface area (Å²) in [5.41, 5.74) is 4.69. The fourth-order valence-electron chi connectivity index (χ4n) is 2.02. The number of carbonyl (C=O) groups excluding carboxylic acids is 2. The van der Waals surface area contributed by atoms with Crippen LogP contribution in [0.5, 0.6) is 5.75 Å². The molecule has 2 rings (SSSR count). The minimum Gasteiger partial charge on any atom is -0.497 e. The van der Waals surface area contributed by atoms with Gasteiger partial charge in [0.25, 0.3) is 0 Å². The van der Waals surface area contributed by atoms with Gasteiger partial charge in [0, 0.05) is 13.0 Å². The van der Waals surface area contributed by atoms with Gasteiger partial charge < -0.3 is 10.1 Å². The van der Waals surface area contributed by atoms with Crippen LogP contribution >= 0.6 is 0 Å². The molecule has 0 atom stereocenters. The Balaban J connectivity index is 2.04. The molecule has 0 saturated carbocycles. The van der Waals surface area contributed by atoms with E-state index in [1.807, 2.05) is 30.3 Å². The second-order valence-electron chi connectivity index (χ2n) is 4.73. The van der Waals surface area contributed by atoms with Crippen molar-refractivity contribution in [2.75, 3.05) is 20.2 Å². The van der Waals surface area contributed by atoms with E-state index in [2.05, 4.69) is 17.3 Å². The van der Waals surface area contributed by atoms with Crippen molar-refractivity contribution in [3.05, 3.63) is 48.6 Å². The number of amides is 2. The normalized spacial score (nSPS) is 14.0. The summed E-state index contributed by atoms with van der Waals surface area (Å²) in [5, 5.41) is 3.96. The molecule has 0 unspecified atom stereocenters. The van der Waals surface area contributed by atoms with Crippen molar-refractivity contribution < 1.29 is 14.3 Å². The summed E-state index contributed by atoms with van der Waals surface area (Å²) in [6.45, 7) is 3.87. The summed E-state index contributed by atoms with van der Waals surface area (Å²) in [5.74, 6) is 0.375. The number of nitrogens with zero attached hydrogens (tertiary/aromatic N) is 1. The van der Waals surface area contributed by atoms with Gasteiger partial charge in [0.05, 0.1) is 12.8 Å². The maximum absolute atomic E-state index is 11.9. The molecule has 0 spiro atoms. The standard InChI is InChI=1S/C16H19N3O3/c1-3-10-17-15(20)11-19-16(21)9-8-14(18-19)12-4-6-13(22-2)7-5-12/h3-8,18H,1,9-11H2,2H3,(H,17,20). The summed E-state index contributed by atoms with van der Waals surface area (Å²) in [7, 11) is 1.61. The molecule has 0 aromatic heterocycles. The lowest BCUT2D eigenvalue weighted by Crippen LogP contribution is -2.49. The van der Waals surface area contributed by atoms with Crippen LogP contribution in [0.4, 0.5) is 0 Å². The van der Waals surface area contributed by atoms with E-state index < -0.39 is 0 Å². The molecule has 0 fully saturated rings. The molecule has 1 aromatic carbocycles. The third kappa shape index (κ3) is 3.88. The number of benzene rings is 1. The van der Waals surface area contributed by atoms with E-state index in [1.165, 1.54) is 5.01 Å². The number of ether oxygens (including phenoxy) is 1. The van der Waals surface area contributed by atoms with Gasteiger partial charge >= 0.3 is 0 Å². The van der Waals surface area contributed by atoms with Crippen molar-refractivity contribution in [3.8, 4) is 5.75 Å². The van der Waals surface area contributed by atoms with Crippen LogP contribution in [0.15, 0.2) is 43.0 Å². The van der Waals surface area contributed by atoms with Crippen molar-refractivity contribution in [2.45, 2.75) is 6.42 Å². The molecule has 6 nitrogen and oxygen atoms in total. The van der Waals surface area contributed by atoms with Gasteiger partial charge in [-0.05, 0) is 35.9 Å². The van der Waals surface area contributed by atoms with E-state index in [-0.39, 0.29) is 24.8 Å². The maximum Gasteiger partial charge on any atom is 0.245 e. The monoisotopic (exact) mass is 301 g/mol. The number of rotatable bonds is 6. The van der Waals surface area contributed by atoms with E-state index in [0.717, 1.165) is 17.0 Å². The van der Waals surface area contributed by atoms with Crippen LogP contribution in [0.1, 0.15) is 12.0 Å². The van der Waals surface area contributed by atoms with Crippen LogP contribution in [0.2, 0.25) is 0 Å².